The summed E-state index contributed by atoms with van der Waals surface area (Å²) >= 11 is 0. The van der Waals surface area contributed by atoms with Crippen LogP contribution < -0.4 is 4.74 Å². The van der Waals surface area contributed by atoms with Gasteiger partial charge in [0.25, 0.3) is 0 Å². The molecule has 2 aromatic heterocycles. The molecule has 10 heteroatoms. The van der Waals surface area contributed by atoms with Crippen LogP contribution in [0.15, 0.2) is 54.6 Å². The number of aromatic nitrogens is 3. The smallest absolute Gasteiger partial charge is 0.335 e. The molecule has 1 saturated carbocycles. The molecule has 2 aromatic carbocycles. The van der Waals surface area contributed by atoms with E-state index in [1.54, 1.807) is 36.4 Å². The fourth-order valence-corrected chi connectivity index (χ4v) is 6.29. The van der Waals surface area contributed by atoms with Crippen molar-refractivity contribution in [3.05, 3.63) is 88.6 Å². The van der Waals surface area contributed by atoms with Crippen LogP contribution >= 0.6 is 0 Å². The Labute approximate surface area is 254 Å². The molecule has 2 aliphatic heterocycles. The van der Waals surface area contributed by atoms with Crippen molar-refractivity contribution in [2.75, 3.05) is 33.0 Å². The lowest BCUT2D eigenvalue weighted by Crippen LogP contribution is -2.34. The summed E-state index contributed by atoms with van der Waals surface area (Å²) in [6.45, 7) is 3.82. The molecule has 7 rings (SSSR count). The van der Waals surface area contributed by atoms with Gasteiger partial charge in [-0.15, -0.1) is 0 Å². The number of hydrogen-bond acceptors (Lipinski definition) is 6. The van der Waals surface area contributed by atoms with Crippen molar-refractivity contribution in [2.45, 2.75) is 57.2 Å². The van der Waals surface area contributed by atoms with Crippen LogP contribution in [0.1, 0.15) is 70.5 Å². The number of benzene rings is 2. The molecule has 0 unspecified atom stereocenters. The predicted molar refractivity (Wildman–Crippen MR) is 160 cm³/mol. The molecule has 44 heavy (non-hydrogen) atoms. The summed E-state index contributed by atoms with van der Waals surface area (Å²) in [6, 6.07) is 16.0. The van der Waals surface area contributed by atoms with Crippen LogP contribution in [0.25, 0.3) is 11.0 Å². The molecule has 0 spiro atoms. The summed E-state index contributed by atoms with van der Waals surface area (Å²) in [4.78, 5) is 23.6. The van der Waals surface area contributed by atoms with E-state index in [2.05, 4.69) is 4.90 Å². The molecule has 0 amide bonds. The first-order chi connectivity index (χ1) is 21.4. The minimum absolute atomic E-state index is 0.112. The van der Waals surface area contributed by atoms with Gasteiger partial charge in [0.1, 0.15) is 18.2 Å². The number of hydrogen-bond donors (Lipinski definition) is 1. The van der Waals surface area contributed by atoms with E-state index >= 15 is 0 Å². The number of fused-ring (bicyclic) bond motifs is 1. The number of pyridine rings is 1. The summed E-state index contributed by atoms with van der Waals surface area (Å²) in [5, 5.41) is 9.53. The Bertz CT molecular complexity index is 1680. The summed E-state index contributed by atoms with van der Waals surface area (Å²) in [5.74, 6) is 0.611. The maximum atomic E-state index is 14.7. The van der Waals surface area contributed by atoms with Crippen molar-refractivity contribution in [2.24, 2.45) is 5.41 Å². The van der Waals surface area contributed by atoms with Gasteiger partial charge in [-0.2, -0.15) is 0 Å². The van der Waals surface area contributed by atoms with Crippen LogP contribution in [0.5, 0.6) is 5.88 Å². The monoisotopic (exact) mass is 602 g/mol. The number of carbonyl (C=O) groups is 1. The first-order valence-corrected chi connectivity index (χ1v) is 15.4. The van der Waals surface area contributed by atoms with Crippen molar-refractivity contribution in [3.63, 3.8) is 0 Å². The predicted octanol–water partition coefficient (Wildman–Crippen LogP) is 6.09. The number of ether oxygens (including phenoxy) is 2. The standard InChI is InChI=1S/C34H36F2N4O4/c35-20-34(10-11-34)21-40-30-15-24(33(41)42)6-7-29(30)37-31(40)16-39-12-8-22(9-13-39)28-2-1-3-32(38-28)44-19-25-5-4-23(14-27(25)36)26-17-43-18-26/h1-7,14-15,22,26H,8-13,16-21H2,(H,41,42). The van der Waals surface area contributed by atoms with E-state index in [1.165, 1.54) is 0 Å². The van der Waals surface area contributed by atoms with E-state index in [9.17, 15) is 18.7 Å². The molecule has 1 aliphatic carbocycles. The van der Waals surface area contributed by atoms with Crippen molar-refractivity contribution >= 4 is 17.0 Å². The first-order valence-electron chi connectivity index (χ1n) is 15.4. The Morgan fingerprint density at radius 2 is 1.86 bits per heavy atom. The summed E-state index contributed by atoms with van der Waals surface area (Å²) < 4.78 is 41.7. The third-order valence-electron chi connectivity index (χ3n) is 9.49. The molecule has 2 saturated heterocycles. The van der Waals surface area contributed by atoms with E-state index in [-0.39, 0.29) is 41.9 Å². The summed E-state index contributed by atoms with van der Waals surface area (Å²) in [5.41, 5.74) is 3.75. The quantitative estimate of drug-likeness (QED) is 0.222. The second-order valence-corrected chi connectivity index (χ2v) is 12.6. The SMILES string of the molecule is O=C(O)c1ccc2nc(CN3CCC(c4cccc(OCc5ccc(C6COC6)cc5F)n4)CC3)n(CC3(CF)CC3)c2c1. The number of imidazole rings is 1. The molecule has 0 atom stereocenters. The molecule has 4 heterocycles. The van der Waals surface area contributed by atoms with E-state index in [4.69, 9.17) is 19.4 Å². The van der Waals surface area contributed by atoms with Gasteiger partial charge in [-0.25, -0.2) is 19.2 Å². The highest BCUT2D eigenvalue weighted by atomic mass is 19.1. The molecule has 8 nitrogen and oxygen atoms in total. The average molecular weight is 603 g/mol. The normalized spacial score (nSPS) is 18.8. The molecule has 230 valence electrons. The zero-order valence-corrected chi connectivity index (χ0v) is 24.6. The number of carboxylic acids is 1. The number of piperidine rings is 1. The molecule has 0 bridgehead atoms. The second kappa shape index (κ2) is 11.9. The van der Waals surface area contributed by atoms with Crippen LogP contribution in [0.2, 0.25) is 0 Å². The number of rotatable bonds is 11. The minimum atomic E-state index is -0.987. The van der Waals surface area contributed by atoms with E-state index in [1.807, 2.05) is 22.8 Å². The largest absolute Gasteiger partial charge is 0.478 e. The highest BCUT2D eigenvalue weighted by Gasteiger charge is 2.44. The Morgan fingerprint density at radius 1 is 1.05 bits per heavy atom. The van der Waals surface area contributed by atoms with E-state index < -0.39 is 5.97 Å². The van der Waals surface area contributed by atoms with Crippen LogP contribution in [-0.4, -0.2) is 63.5 Å². The van der Waals surface area contributed by atoms with Crippen molar-refractivity contribution in [1.82, 2.24) is 19.4 Å². The van der Waals surface area contributed by atoms with Gasteiger partial charge in [-0.1, -0.05) is 18.2 Å². The van der Waals surface area contributed by atoms with Gasteiger partial charge in [0.05, 0.1) is 43.0 Å². The molecular weight excluding hydrogens is 566 g/mol. The first kappa shape index (κ1) is 28.9. The number of alkyl halides is 1. The lowest BCUT2D eigenvalue weighted by Gasteiger charge is -2.31. The fourth-order valence-electron chi connectivity index (χ4n) is 6.29. The number of halogens is 2. The maximum absolute atomic E-state index is 14.7. The summed E-state index contributed by atoms with van der Waals surface area (Å²) in [7, 11) is 0. The lowest BCUT2D eigenvalue weighted by atomic mass is 9.93. The number of nitrogens with zero attached hydrogens (tertiary/aromatic N) is 4. The zero-order valence-electron chi connectivity index (χ0n) is 24.6. The highest BCUT2D eigenvalue weighted by Crippen LogP contribution is 2.48. The van der Waals surface area contributed by atoms with Gasteiger partial charge >= 0.3 is 5.97 Å². The van der Waals surface area contributed by atoms with Crippen molar-refractivity contribution in [3.8, 4) is 5.88 Å². The molecule has 3 fully saturated rings. The molecule has 1 N–H and O–H groups in total. The van der Waals surface area contributed by atoms with Crippen LogP contribution in [0.3, 0.4) is 0 Å². The van der Waals surface area contributed by atoms with Crippen molar-refractivity contribution in [1.29, 1.82) is 0 Å². The summed E-state index contributed by atoms with van der Waals surface area (Å²) in [6.07, 6.45) is 3.49. The zero-order chi connectivity index (χ0) is 30.3. The number of likely N-dealkylation sites (tertiary alicyclic amines) is 1. The van der Waals surface area contributed by atoms with Gasteiger partial charge in [-0.05, 0) is 74.7 Å². The van der Waals surface area contributed by atoms with Gasteiger partial charge in [0.2, 0.25) is 5.88 Å². The Balaban J connectivity index is 0.993. The highest BCUT2D eigenvalue weighted by molar-refractivity contribution is 5.92. The van der Waals surface area contributed by atoms with Crippen LogP contribution in [0, 0.1) is 11.2 Å². The number of carboxylic acid groups (broad SMARTS) is 1. The molecule has 0 radical (unpaired) electrons. The average Bonchev–Trinajstić information content (AvgIpc) is 3.71. The second-order valence-electron chi connectivity index (χ2n) is 12.6. The van der Waals surface area contributed by atoms with Gasteiger partial charge in [-0.3, -0.25) is 9.29 Å². The Hall–Kier alpha value is -3.89. The maximum Gasteiger partial charge on any atom is 0.335 e. The van der Waals surface area contributed by atoms with E-state index in [0.717, 1.165) is 66.9 Å². The third kappa shape index (κ3) is 5.93. The van der Waals surface area contributed by atoms with Gasteiger partial charge in [0.15, 0.2) is 0 Å². The van der Waals surface area contributed by atoms with Crippen molar-refractivity contribution < 1.29 is 28.2 Å². The lowest BCUT2D eigenvalue weighted by molar-refractivity contribution is 0.00830. The van der Waals surface area contributed by atoms with Crippen LogP contribution in [-0.2, 0) is 24.4 Å². The van der Waals surface area contributed by atoms with Gasteiger partial charge in [0, 0.05) is 41.1 Å². The topological polar surface area (TPSA) is 89.7 Å². The van der Waals surface area contributed by atoms with E-state index in [0.29, 0.717) is 37.7 Å². The third-order valence-corrected chi connectivity index (χ3v) is 9.49. The molecule has 3 aliphatic rings. The van der Waals surface area contributed by atoms with Gasteiger partial charge < -0.3 is 19.1 Å². The number of aromatic carboxylic acids is 1. The minimum Gasteiger partial charge on any atom is -0.478 e. The molecular formula is C34H36F2N4O4. The van der Waals surface area contributed by atoms with Crippen LogP contribution in [0.4, 0.5) is 8.78 Å². The fraction of sp³-hybridized carbons (Fsp3) is 0.441. The Kier molecular flexibility index (Phi) is 7.80. The molecule has 4 aromatic rings. The Morgan fingerprint density at radius 3 is 2.55 bits per heavy atom.